The van der Waals surface area contributed by atoms with E-state index in [-0.39, 0.29) is 6.04 Å². The molecule has 6 nitrogen and oxygen atoms in total. The Kier molecular flexibility index (Phi) is 3.22. The molecule has 17 heavy (non-hydrogen) atoms. The van der Waals surface area contributed by atoms with Gasteiger partial charge in [-0.15, -0.1) is 12.6 Å². The lowest BCUT2D eigenvalue weighted by Gasteiger charge is -2.45. The molecule has 2 aliphatic rings. The first-order valence-electron chi connectivity index (χ1n) is 5.86. The Morgan fingerprint density at radius 1 is 1.35 bits per heavy atom. The molecule has 1 saturated heterocycles. The molecular weight excluding hydrogens is 240 g/mol. The van der Waals surface area contributed by atoms with Crippen molar-refractivity contribution in [3.8, 4) is 0 Å². The number of nitrogens with zero attached hydrogens (tertiary/aromatic N) is 2. The smallest absolute Gasteiger partial charge is 0.305 e. The van der Waals surface area contributed by atoms with E-state index in [1.54, 1.807) is 6.92 Å². The largest absolute Gasteiger partial charge is 0.345 e. The Bertz CT molecular complexity index is 341. The van der Waals surface area contributed by atoms with Gasteiger partial charge in [-0.05, 0) is 19.8 Å². The van der Waals surface area contributed by atoms with Crippen LogP contribution in [0.5, 0.6) is 0 Å². The standard InChI is InChI=1S/C10H18N4O2S/c1-10(17)12-8(15)13(9(16)14(10)11)7-5-3-2-4-6-7/h7,17H,2-6,11H2,1H3,(H,12,15). The molecule has 1 saturated carbocycles. The number of carbonyl (C=O) groups is 2. The van der Waals surface area contributed by atoms with Gasteiger partial charge in [0.25, 0.3) is 0 Å². The van der Waals surface area contributed by atoms with Crippen molar-refractivity contribution in [3.63, 3.8) is 0 Å². The molecule has 2 rings (SSSR count). The average molecular weight is 258 g/mol. The Hall–Kier alpha value is -0.950. The third-order valence-electron chi connectivity index (χ3n) is 3.38. The molecule has 4 amide bonds. The van der Waals surface area contributed by atoms with Crippen molar-refractivity contribution in [2.24, 2.45) is 5.84 Å². The van der Waals surface area contributed by atoms with E-state index < -0.39 is 17.1 Å². The average Bonchev–Trinajstić information content (AvgIpc) is 2.27. The molecule has 1 atom stereocenters. The second-order valence-electron chi connectivity index (χ2n) is 4.77. The summed E-state index contributed by atoms with van der Waals surface area (Å²) in [6, 6.07) is -0.911. The molecule has 0 aromatic rings. The third-order valence-corrected chi connectivity index (χ3v) is 3.71. The summed E-state index contributed by atoms with van der Waals surface area (Å²) in [6.45, 7) is 1.57. The summed E-state index contributed by atoms with van der Waals surface area (Å²) in [6.07, 6.45) is 4.97. The third kappa shape index (κ3) is 2.21. The molecular formula is C10H18N4O2S. The van der Waals surface area contributed by atoms with E-state index in [2.05, 4.69) is 17.9 Å². The van der Waals surface area contributed by atoms with E-state index in [4.69, 9.17) is 5.84 Å². The summed E-state index contributed by atoms with van der Waals surface area (Å²) in [5.74, 6) is 5.67. The van der Waals surface area contributed by atoms with E-state index in [1.165, 1.54) is 4.90 Å². The van der Waals surface area contributed by atoms with Gasteiger partial charge >= 0.3 is 12.1 Å². The SMILES string of the molecule is CC1(S)NC(=O)N(C2CCCCC2)C(=O)N1N. The minimum atomic E-state index is -1.13. The van der Waals surface area contributed by atoms with Gasteiger partial charge in [0.05, 0.1) is 0 Å². The first-order valence-corrected chi connectivity index (χ1v) is 6.31. The zero-order chi connectivity index (χ0) is 12.6. The Morgan fingerprint density at radius 2 is 1.94 bits per heavy atom. The van der Waals surface area contributed by atoms with Gasteiger partial charge < -0.3 is 5.32 Å². The van der Waals surface area contributed by atoms with Gasteiger partial charge in [0, 0.05) is 6.04 Å². The maximum absolute atomic E-state index is 12.1. The highest BCUT2D eigenvalue weighted by Gasteiger charge is 2.45. The molecule has 0 radical (unpaired) electrons. The van der Waals surface area contributed by atoms with E-state index in [0.29, 0.717) is 0 Å². The van der Waals surface area contributed by atoms with Gasteiger partial charge in [0.1, 0.15) is 0 Å². The lowest BCUT2D eigenvalue weighted by molar-refractivity contribution is 0.0766. The highest BCUT2D eigenvalue weighted by molar-refractivity contribution is 7.81. The molecule has 0 aromatic carbocycles. The van der Waals surface area contributed by atoms with E-state index in [0.717, 1.165) is 37.1 Å². The molecule has 1 unspecified atom stereocenters. The molecule has 1 heterocycles. The molecule has 1 aliphatic heterocycles. The molecule has 96 valence electrons. The molecule has 7 heteroatoms. The molecule has 0 bridgehead atoms. The highest BCUT2D eigenvalue weighted by atomic mass is 32.1. The van der Waals surface area contributed by atoms with E-state index in [9.17, 15) is 9.59 Å². The molecule has 0 spiro atoms. The van der Waals surface area contributed by atoms with Crippen molar-refractivity contribution in [2.45, 2.75) is 50.1 Å². The maximum atomic E-state index is 12.1. The summed E-state index contributed by atoms with van der Waals surface area (Å²) in [7, 11) is 0. The van der Waals surface area contributed by atoms with Crippen LogP contribution in [0.4, 0.5) is 9.59 Å². The van der Waals surface area contributed by atoms with Crippen LogP contribution in [0.15, 0.2) is 0 Å². The Labute approximate surface area is 106 Å². The fourth-order valence-electron chi connectivity index (χ4n) is 2.37. The fraction of sp³-hybridized carbons (Fsp3) is 0.800. The highest BCUT2D eigenvalue weighted by Crippen LogP contribution is 2.28. The predicted molar refractivity (Wildman–Crippen MR) is 66.1 cm³/mol. The van der Waals surface area contributed by atoms with E-state index >= 15 is 0 Å². The fourth-order valence-corrected chi connectivity index (χ4v) is 2.55. The summed E-state index contributed by atoms with van der Waals surface area (Å²) < 4.78 is 0. The first-order chi connectivity index (χ1) is 7.93. The van der Waals surface area contributed by atoms with Crippen LogP contribution in [0.2, 0.25) is 0 Å². The van der Waals surface area contributed by atoms with Gasteiger partial charge in [-0.25, -0.2) is 25.3 Å². The second kappa shape index (κ2) is 4.38. The maximum Gasteiger partial charge on any atom is 0.345 e. The minimum Gasteiger partial charge on any atom is -0.305 e. The van der Waals surface area contributed by atoms with Gasteiger partial charge in [0.2, 0.25) is 0 Å². The number of thiol groups is 1. The first kappa shape index (κ1) is 12.5. The summed E-state index contributed by atoms with van der Waals surface area (Å²) >= 11 is 4.16. The van der Waals surface area contributed by atoms with Gasteiger partial charge in [0.15, 0.2) is 4.99 Å². The van der Waals surface area contributed by atoms with Crippen molar-refractivity contribution in [1.82, 2.24) is 15.2 Å². The van der Waals surface area contributed by atoms with Crippen LogP contribution in [-0.2, 0) is 0 Å². The number of imide groups is 1. The number of hydrogen-bond acceptors (Lipinski definition) is 4. The molecule has 1 aliphatic carbocycles. The van der Waals surface area contributed by atoms with E-state index in [1.807, 2.05) is 0 Å². The summed E-state index contributed by atoms with van der Waals surface area (Å²) in [4.78, 5) is 24.1. The van der Waals surface area contributed by atoms with Crippen LogP contribution in [-0.4, -0.2) is 33.0 Å². The lowest BCUT2D eigenvalue weighted by Crippen LogP contribution is -2.72. The zero-order valence-corrected chi connectivity index (χ0v) is 10.7. The van der Waals surface area contributed by atoms with Crippen LogP contribution >= 0.6 is 12.6 Å². The van der Waals surface area contributed by atoms with Gasteiger partial charge in [-0.2, -0.15) is 0 Å². The lowest BCUT2D eigenvalue weighted by atomic mass is 9.94. The number of nitrogens with two attached hydrogens (primary N) is 1. The number of nitrogens with one attached hydrogen (secondary N) is 1. The normalized spacial score (nSPS) is 31.7. The van der Waals surface area contributed by atoms with Crippen LogP contribution < -0.4 is 11.2 Å². The zero-order valence-electron chi connectivity index (χ0n) is 9.85. The number of rotatable bonds is 1. The number of amides is 4. The number of hydrazine groups is 1. The number of urea groups is 2. The predicted octanol–water partition coefficient (Wildman–Crippen LogP) is 1.24. The van der Waals surface area contributed by atoms with Crippen molar-refractivity contribution in [3.05, 3.63) is 0 Å². The van der Waals surface area contributed by atoms with Crippen LogP contribution in [0.25, 0.3) is 0 Å². The van der Waals surface area contributed by atoms with Crippen LogP contribution in [0.3, 0.4) is 0 Å². The summed E-state index contributed by atoms with van der Waals surface area (Å²) in [5, 5.41) is 3.58. The molecule has 0 aromatic heterocycles. The van der Waals surface area contributed by atoms with Crippen LogP contribution in [0.1, 0.15) is 39.0 Å². The van der Waals surface area contributed by atoms with Crippen molar-refractivity contribution in [1.29, 1.82) is 0 Å². The van der Waals surface area contributed by atoms with Crippen molar-refractivity contribution in [2.75, 3.05) is 0 Å². The second-order valence-corrected chi connectivity index (χ2v) is 5.64. The van der Waals surface area contributed by atoms with Crippen molar-refractivity contribution < 1.29 is 9.59 Å². The van der Waals surface area contributed by atoms with Crippen molar-refractivity contribution >= 4 is 24.7 Å². The van der Waals surface area contributed by atoms with Crippen LogP contribution in [0, 0.1) is 0 Å². The number of hydrogen-bond donors (Lipinski definition) is 3. The summed E-state index contributed by atoms with van der Waals surface area (Å²) in [5.41, 5.74) is 0. The topological polar surface area (TPSA) is 78.7 Å². The number of carbonyl (C=O) groups excluding carboxylic acids is 2. The van der Waals surface area contributed by atoms with Gasteiger partial charge in [-0.3, -0.25) is 0 Å². The molecule has 3 N–H and O–H groups in total. The quantitative estimate of drug-likeness (QED) is 0.376. The monoisotopic (exact) mass is 258 g/mol. The van der Waals surface area contributed by atoms with Gasteiger partial charge in [-0.1, -0.05) is 19.3 Å². The molecule has 2 fully saturated rings. The Balaban J connectivity index is 2.17. The Morgan fingerprint density at radius 3 is 2.53 bits per heavy atom. The minimum absolute atomic E-state index is 0.0354.